The Morgan fingerprint density at radius 3 is 1.26 bits per heavy atom. The van der Waals surface area contributed by atoms with Crippen molar-refractivity contribution in [1.82, 2.24) is 0 Å². The number of rotatable bonds is 2. The molecule has 0 aliphatic carbocycles. The number of benzene rings is 2. The summed E-state index contributed by atoms with van der Waals surface area (Å²) in [7, 11) is 0. The van der Waals surface area contributed by atoms with E-state index in [1.54, 1.807) is 0 Å². The van der Waals surface area contributed by atoms with Gasteiger partial charge in [0.05, 0.1) is 0 Å². The highest BCUT2D eigenvalue weighted by Gasteiger charge is 2.22. The maximum Gasteiger partial charge on any atom is 0.239 e. The topological polar surface area (TPSA) is 0 Å². The number of hydrogen-bond acceptors (Lipinski definition) is 0. The third-order valence-electron chi connectivity index (χ3n) is 4.39. The molecular formula is C22H23S+. The molecule has 1 heterocycles. The van der Waals surface area contributed by atoms with Gasteiger partial charge in [-0.15, -0.1) is 0 Å². The van der Waals surface area contributed by atoms with Gasteiger partial charge in [-0.2, -0.15) is 0 Å². The summed E-state index contributed by atoms with van der Waals surface area (Å²) >= 11 is 1.90. The van der Waals surface area contributed by atoms with Gasteiger partial charge in [0.25, 0.3) is 0 Å². The molecule has 1 aromatic heterocycles. The first-order chi connectivity index (χ1) is 11.0. The van der Waals surface area contributed by atoms with Crippen molar-refractivity contribution in [3.63, 3.8) is 0 Å². The van der Waals surface area contributed by atoms with Crippen LogP contribution in [0, 0.1) is 34.6 Å². The molecule has 0 N–H and O–H groups in total. The van der Waals surface area contributed by atoms with Crippen molar-refractivity contribution in [3.05, 3.63) is 76.3 Å². The number of hydrogen-bond donors (Lipinski definition) is 0. The van der Waals surface area contributed by atoms with Crippen molar-refractivity contribution >= 4 is 11.3 Å². The van der Waals surface area contributed by atoms with Crippen LogP contribution in [0.15, 0.2) is 48.5 Å². The highest BCUT2D eigenvalue weighted by molar-refractivity contribution is 7.18. The van der Waals surface area contributed by atoms with Gasteiger partial charge in [-0.1, -0.05) is 36.4 Å². The Bertz CT molecular complexity index is 765. The summed E-state index contributed by atoms with van der Waals surface area (Å²) in [5, 5.41) is 0. The fourth-order valence-electron chi connectivity index (χ4n) is 3.29. The standard InChI is InChI=1S/C22H23S/c1-14-12-19(21-15(2)8-6-9-16(21)3)23-20(13-14)22-17(4)10-7-11-18(22)5/h6-13H,1-5H3/q+1. The second-order valence-corrected chi connectivity index (χ2v) is 7.48. The Morgan fingerprint density at radius 1 is 0.565 bits per heavy atom. The minimum absolute atomic E-state index is 1.32. The zero-order chi connectivity index (χ0) is 16.6. The van der Waals surface area contributed by atoms with E-state index in [1.807, 2.05) is 11.3 Å². The molecule has 3 aromatic rings. The molecule has 116 valence electrons. The fraction of sp³-hybridized carbons (Fsp3) is 0.227. The Morgan fingerprint density at radius 2 is 0.913 bits per heavy atom. The first kappa shape index (κ1) is 15.9. The maximum atomic E-state index is 2.32. The van der Waals surface area contributed by atoms with Crippen LogP contribution in [0.1, 0.15) is 27.8 Å². The molecule has 0 saturated carbocycles. The highest BCUT2D eigenvalue weighted by Crippen LogP contribution is 2.38. The van der Waals surface area contributed by atoms with Gasteiger partial charge < -0.3 is 0 Å². The van der Waals surface area contributed by atoms with Gasteiger partial charge in [-0.25, -0.2) is 0 Å². The average Bonchev–Trinajstić information content (AvgIpc) is 2.46. The second kappa shape index (κ2) is 6.25. The maximum absolute atomic E-state index is 2.32. The molecule has 1 heteroatoms. The first-order valence-electron chi connectivity index (χ1n) is 8.05. The summed E-state index contributed by atoms with van der Waals surface area (Å²) in [5.41, 5.74) is 9.47. The van der Waals surface area contributed by atoms with E-state index < -0.39 is 0 Å². The summed E-state index contributed by atoms with van der Waals surface area (Å²) in [6, 6.07) is 17.7. The predicted octanol–water partition coefficient (Wildman–Crippen LogP) is 6.91. The lowest BCUT2D eigenvalue weighted by Gasteiger charge is -2.07. The largest absolute Gasteiger partial charge is 0.239 e. The third kappa shape index (κ3) is 3.07. The van der Waals surface area contributed by atoms with Crippen LogP contribution in [-0.4, -0.2) is 0 Å². The van der Waals surface area contributed by atoms with E-state index in [1.165, 1.54) is 48.7 Å². The van der Waals surface area contributed by atoms with Gasteiger partial charge in [-0.3, -0.25) is 0 Å². The molecule has 2 aromatic carbocycles. The van der Waals surface area contributed by atoms with Crippen molar-refractivity contribution in [1.29, 1.82) is 0 Å². The van der Waals surface area contributed by atoms with E-state index in [0.717, 1.165) is 0 Å². The van der Waals surface area contributed by atoms with Crippen LogP contribution < -0.4 is 0 Å². The Hall–Kier alpha value is -1.99. The van der Waals surface area contributed by atoms with E-state index in [9.17, 15) is 0 Å². The monoisotopic (exact) mass is 319 g/mol. The lowest BCUT2D eigenvalue weighted by molar-refractivity contribution is 1.37. The Labute approximate surface area is 143 Å². The van der Waals surface area contributed by atoms with Crippen molar-refractivity contribution in [3.8, 4) is 20.9 Å². The minimum atomic E-state index is 1.32. The molecule has 0 unspecified atom stereocenters. The van der Waals surface area contributed by atoms with Gasteiger partial charge in [0, 0.05) is 23.3 Å². The summed E-state index contributed by atoms with van der Waals surface area (Å²) in [6.45, 7) is 11.0. The van der Waals surface area contributed by atoms with Gasteiger partial charge in [0.15, 0.2) is 0 Å². The molecule has 0 atom stereocenters. The van der Waals surface area contributed by atoms with E-state index in [-0.39, 0.29) is 0 Å². The van der Waals surface area contributed by atoms with Crippen molar-refractivity contribution in [2.45, 2.75) is 34.6 Å². The zero-order valence-electron chi connectivity index (χ0n) is 14.5. The average molecular weight is 319 g/mol. The van der Waals surface area contributed by atoms with Crippen LogP contribution in [0.4, 0.5) is 0 Å². The van der Waals surface area contributed by atoms with E-state index in [4.69, 9.17) is 0 Å². The quantitative estimate of drug-likeness (QED) is 0.450. The molecule has 0 nitrogen and oxygen atoms in total. The van der Waals surface area contributed by atoms with Crippen LogP contribution in [0.5, 0.6) is 0 Å². The van der Waals surface area contributed by atoms with Crippen LogP contribution in [0.25, 0.3) is 20.9 Å². The fourth-order valence-corrected chi connectivity index (χ4v) is 4.86. The van der Waals surface area contributed by atoms with Gasteiger partial charge in [0.2, 0.25) is 21.1 Å². The summed E-state index contributed by atoms with van der Waals surface area (Å²) in [6.07, 6.45) is 0. The molecule has 3 rings (SSSR count). The SMILES string of the molecule is Cc1cc(-c2c(C)cccc2C)[s+]c(-c2c(C)cccc2C)c1. The third-order valence-corrected chi connectivity index (χ3v) is 5.48. The summed E-state index contributed by atoms with van der Waals surface area (Å²) < 4.78 is 0. The molecule has 0 bridgehead atoms. The molecule has 0 amide bonds. The van der Waals surface area contributed by atoms with Crippen molar-refractivity contribution in [2.24, 2.45) is 0 Å². The van der Waals surface area contributed by atoms with Gasteiger partial charge in [0.1, 0.15) is 0 Å². The lowest BCUT2D eigenvalue weighted by atomic mass is 9.99. The van der Waals surface area contributed by atoms with Gasteiger partial charge in [-0.05, 0) is 62.4 Å². The van der Waals surface area contributed by atoms with E-state index in [0.29, 0.717) is 0 Å². The van der Waals surface area contributed by atoms with Crippen molar-refractivity contribution < 1.29 is 0 Å². The molecule has 0 aliphatic rings. The highest BCUT2D eigenvalue weighted by atomic mass is 32.1. The first-order valence-corrected chi connectivity index (χ1v) is 8.87. The summed E-state index contributed by atoms with van der Waals surface area (Å²) in [5.74, 6) is 0. The molecule has 0 aliphatic heterocycles. The number of aryl methyl sites for hydroxylation is 5. The molecule has 23 heavy (non-hydrogen) atoms. The Balaban J connectivity index is 2.26. The predicted molar refractivity (Wildman–Crippen MR) is 103 cm³/mol. The molecule has 0 radical (unpaired) electrons. The van der Waals surface area contributed by atoms with Crippen molar-refractivity contribution in [2.75, 3.05) is 0 Å². The van der Waals surface area contributed by atoms with Gasteiger partial charge >= 0.3 is 0 Å². The normalized spacial score (nSPS) is 10.8. The molecule has 0 saturated heterocycles. The zero-order valence-corrected chi connectivity index (χ0v) is 15.3. The van der Waals surface area contributed by atoms with Crippen LogP contribution in [-0.2, 0) is 0 Å². The molecular weight excluding hydrogens is 296 g/mol. The Kier molecular flexibility index (Phi) is 4.32. The molecule has 0 fully saturated rings. The smallest absolute Gasteiger partial charge is 0.0617 e. The lowest BCUT2D eigenvalue weighted by Crippen LogP contribution is -1.90. The minimum Gasteiger partial charge on any atom is -0.0617 e. The second-order valence-electron chi connectivity index (χ2n) is 6.40. The van der Waals surface area contributed by atoms with Crippen LogP contribution in [0.3, 0.4) is 0 Å². The van der Waals surface area contributed by atoms with E-state index >= 15 is 0 Å². The van der Waals surface area contributed by atoms with Crippen LogP contribution >= 0.6 is 11.3 Å². The summed E-state index contributed by atoms with van der Waals surface area (Å²) in [4.78, 5) is 2.72. The molecule has 0 spiro atoms. The van der Waals surface area contributed by atoms with E-state index in [2.05, 4.69) is 83.1 Å². The van der Waals surface area contributed by atoms with Crippen LogP contribution in [0.2, 0.25) is 0 Å².